The summed E-state index contributed by atoms with van der Waals surface area (Å²) in [5, 5.41) is 3.56. The molecular formula is C15H16N2. The summed E-state index contributed by atoms with van der Waals surface area (Å²) >= 11 is 0. The van der Waals surface area contributed by atoms with Gasteiger partial charge in [0.15, 0.2) is 0 Å². The fourth-order valence-corrected chi connectivity index (χ4v) is 2.39. The van der Waals surface area contributed by atoms with Crippen LogP contribution in [0.3, 0.4) is 0 Å². The average Bonchev–Trinajstić information content (AvgIpc) is 2.47. The second kappa shape index (κ2) is 3.81. The van der Waals surface area contributed by atoms with Crippen molar-refractivity contribution in [1.82, 2.24) is 0 Å². The van der Waals surface area contributed by atoms with Crippen molar-refractivity contribution < 1.29 is 0 Å². The van der Waals surface area contributed by atoms with E-state index in [1.165, 1.54) is 28.2 Å². The molecule has 1 heterocycles. The highest BCUT2D eigenvalue weighted by Crippen LogP contribution is 2.36. The van der Waals surface area contributed by atoms with E-state index < -0.39 is 0 Å². The quantitative estimate of drug-likeness (QED) is 0.734. The van der Waals surface area contributed by atoms with Gasteiger partial charge in [-0.05, 0) is 30.2 Å². The van der Waals surface area contributed by atoms with Gasteiger partial charge in [0.1, 0.15) is 0 Å². The molecule has 0 amide bonds. The van der Waals surface area contributed by atoms with Crippen LogP contribution < -0.4 is 10.2 Å². The first kappa shape index (κ1) is 10.2. The lowest BCUT2D eigenvalue weighted by Gasteiger charge is -2.19. The SMILES string of the molecule is Cc1cccc2c1Nc1ccccc1CN2C. The summed E-state index contributed by atoms with van der Waals surface area (Å²) in [5.41, 5.74) is 6.32. The molecule has 2 heteroatoms. The summed E-state index contributed by atoms with van der Waals surface area (Å²) < 4.78 is 0. The Kier molecular flexibility index (Phi) is 2.29. The number of hydrogen-bond acceptors (Lipinski definition) is 2. The zero-order valence-electron chi connectivity index (χ0n) is 10.2. The van der Waals surface area contributed by atoms with E-state index in [0.29, 0.717) is 0 Å². The van der Waals surface area contributed by atoms with Crippen molar-refractivity contribution in [3.8, 4) is 0 Å². The molecule has 0 spiro atoms. The molecule has 2 aromatic carbocycles. The van der Waals surface area contributed by atoms with Gasteiger partial charge in [-0.1, -0.05) is 30.3 Å². The highest BCUT2D eigenvalue weighted by molar-refractivity contribution is 5.81. The van der Waals surface area contributed by atoms with E-state index in [9.17, 15) is 0 Å². The largest absolute Gasteiger partial charge is 0.369 e. The van der Waals surface area contributed by atoms with Crippen LogP contribution in [0.15, 0.2) is 42.5 Å². The zero-order valence-corrected chi connectivity index (χ0v) is 10.2. The summed E-state index contributed by atoms with van der Waals surface area (Å²) in [6.45, 7) is 3.09. The number of para-hydroxylation sites is 2. The third-order valence-electron chi connectivity index (χ3n) is 3.35. The van der Waals surface area contributed by atoms with Crippen LogP contribution in [0.1, 0.15) is 11.1 Å². The molecule has 0 saturated carbocycles. The topological polar surface area (TPSA) is 15.3 Å². The third-order valence-corrected chi connectivity index (χ3v) is 3.35. The van der Waals surface area contributed by atoms with Crippen molar-refractivity contribution in [1.29, 1.82) is 0 Å². The molecule has 2 aromatic rings. The van der Waals surface area contributed by atoms with Crippen LogP contribution in [0.2, 0.25) is 0 Å². The Morgan fingerprint density at radius 1 is 1.06 bits per heavy atom. The zero-order chi connectivity index (χ0) is 11.8. The molecule has 86 valence electrons. The molecule has 0 fully saturated rings. The van der Waals surface area contributed by atoms with Crippen LogP contribution in [0.4, 0.5) is 17.1 Å². The van der Waals surface area contributed by atoms with E-state index in [4.69, 9.17) is 0 Å². The first-order chi connectivity index (χ1) is 8.25. The van der Waals surface area contributed by atoms with Gasteiger partial charge in [0.05, 0.1) is 11.4 Å². The van der Waals surface area contributed by atoms with Crippen LogP contribution in [-0.4, -0.2) is 7.05 Å². The predicted octanol–water partition coefficient (Wildman–Crippen LogP) is 3.69. The van der Waals surface area contributed by atoms with Crippen LogP contribution in [0, 0.1) is 6.92 Å². The lowest BCUT2D eigenvalue weighted by atomic mass is 10.1. The molecule has 0 radical (unpaired) electrons. The maximum Gasteiger partial charge on any atom is 0.0651 e. The number of nitrogens with one attached hydrogen (secondary N) is 1. The number of aryl methyl sites for hydroxylation is 1. The molecule has 0 unspecified atom stereocenters. The van der Waals surface area contributed by atoms with Crippen LogP contribution >= 0.6 is 0 Å². The molecular weight excluding hydrogens is 208 g/mol. The summed E-state index contributed by atoms with van der Waals surface area (Å²) in [4.78, 5) is 2.29. The fourth-order valence-electron chi connectivity index (χ4n) is 2.39. The van der Waals surface area contributed by atoms with Crippen molar-refractivity contribution in [2.75, 3.05) is 17.3 Å². The minimum atomic E-state index is 0.944. The Morgan fingerprint density at radius 3 is 2.76 bits per heavy atom. The highest BCUT2D eigenvalue weighted by Gasteiger charge is 2.16. The smallest absolute Gasteiger partial charge is 0.0651 e. The van der Waals surface area contributed by atoms with Crippen molar-refractivity contribution in [3.63, 3.8) is 0 Å². The first-order valence-corrected chi connectivity index (χ1v) is 5.91. The molecule has 2 nitrogen and oxygen atoms in total. The number of hydrogen-bond donors (Lipinski definition) is 1. The fraction of sp³-hybridized carbons (Fsp3) is 0.200. The summed E-state index contributed by atoms with van der Waals surface area (Å²) in [7, 11) is 2.14. The van der Waals surface area contributed by atoms with Crippen molar-refractivity contribution in [2.45, 2.75) is 13.5 Å². The van der Waals surface area contributed by atoms with E-state index in [1.54, 1.807) is 0 Å². The van der Waals surface area contributed by atoms with Gasteiger partial charge in [0, 0.05) is 19.3 Å². The molecule has 3 rings (SSSR count). The molecule has 0 saturated heterocycles. The average molecular weight is 224 g/mol. The maximum absolute atomic E-state index is 3.56. The van der Waals surface area contributed by atoms with Crippen LogP contribution in [-0.2, 0) is 6.54 Å². The molecule has 1 aliphatic rings. The molecule has 0 atom stereocenters. The normalized spacial score (nSPS) is 13.4. The van der Waals surface area contributed by atoms with E-state index in [0.717, 1.165) is 6.54 Å². The number of benzene rings is 2. The van der Waals surface area contributed by atoms with Gasteiger partial charge >= 0.3 is 0 Å². The van der Waals surface area contributed by atoms with Gasteiger partial charge in [-0.25, -0.2) is 0 Å². The van der Waals surface area contributed by atoms with E-state index in [1.807, 2.05) is 0 Å². The minimum absolute atomic E-state index is 0.944. The van der Waals surface area contributed by atoms with E-state index >= 15 is 0 Å². The number of rotatable bonds is 0. The van der Waals surface area contributed by atoms with Gasteiger partial charge in [0.2, 0.25) is 0 Å². The molecule has 0 aliphatic carbocycles. The molecule has 1 aliphatic heterocycles. The molecule has 0 aromatic heterocycles. The molecule has 0 bridgehead atoms. The van der Waals surface area contributed by atoms with Gasteiger partial charge < -0.3 is 10.2 Å². The van der Waals surface area contributed by atoms with E-state index in [-0.39, 0.29) is 0 Å². The van der Waals surface area contributed by atoms with Crippen molar-refractivity contribution >= 4 is 17.1 Å². The van der Waals surface area contributed by atoms with Gasteiger partial charge in [-0.3, -0.25) is 0 Å². The van der Waals surface area contributed by atoms with E-state index in [2.05, 4.69) is 66.7 Å². The standard InChI is InChI=1S/C15H16N2/c1-11-6-5-9-14-15(11)16-13-8-4-3-7-12(13)10-17(14)2/h3-9,16H,10H2,1-2H3. The number of fused-ring (bicyclic) bond motifs is 2. The predicted molar refractivity (Wildman–Crippen MR) is 73.0 cm³/mol. The number of nitrogens with zero attached hydrogens (tertiary/aromatic N) is 1. The van der Waals surface area contributed by atoms with Crippen molar-refractivity contribution in [2.24, 2.45) is 0 Å². The maximum atomic E-state index is 3.56. The molecule has 1 N–H and O–H groups in total. The lowest BCUT2D eigenvalue weighted by Crippen LogP contribution is -2.15. The summed E-state index contributed by atoms with van der Waals surface area (Å²) in [6, 6.07) is 14.9. The Hall–Kier alpha value is -1.96. The summed E-state index contributed by atoms with van der Waals surface area (Å²) in [6.07, 6.45) is 0. The summed E-state index contributed by atoms with van der Waals surface area (Å²) in [5.74, 6) is 0. The number of anilines is 3. The Labute approximate surface area is 102 Å². The highest BCUT2D eigenvalue weighted by atomic mass is 15.1. The minimum Gasteiger partial charge on any atom is -0.369 e. The van der Waals surface area contributed by atoms with Crippen molar-refractivity contribution in [3.05, 3.63) is 53.6 Å². The Morgan fingerprint density at radius 2 is 1.88 bits per heavy atom. The van der Waals surface area contributed by atoms with Crippen LogP contribution in [0.25, 0.3) is 0 Å². The third kappa shape index (κ3) is 1.66. The van der Waals surface area contributed by atoms with Gasteiger partial charge in [-0.15, -0.1) is 0 Å². The van der Waals surface area contributed by atoms with Gasteiger partial charge in [0.25, 0.3) is 0 Å². The monoisotopic (exact) mass is 224 g/mol. The second-order valence-corrected chi connectivity index (χ2v) is 4.61. The lowest BCUT2D eigenvalue weighted by molar-refractivity contribution is 0.934. The first-order valence-electron chi connectivity index (χ1n) is 5.91. The molecule has 17 heavy (non-hydrogen) atoms. The van der Waals surface area contributed by atoms with Gasteiger partial charge in [-0.2, -0.15) is 0 Å². The Balaban J connectivity index is 2.19. The second-order valence-electron chi connectivity index (χ2n) is 4.61. The van der Waals surface area contributed by atoms with Crippen LogP contribution in [0.5, 0.6) is 0 Å². The Bertz CT molecular complexity index is 561.